The van der Waals surface area contributed by atoms with E-state index in [1.807, 2.05) is 48.5 Å². The lowest BCUT2D eigenvalue weighted by atomic mass is 9.98. The summed E-state index contributed by atoms with van der Waals surface area (Å²) in [7, 11) is 1.72. The minimum absolute atomic E-state index is 0. The number of phenolic OH excluding ortho intramolecular Hbond substituents is 1. The van der Waals surface area contributed by atoms with E-state index in [2.05, 4.69) is 16.3 Å². The fourth-order valence-electron chi connectivity index (χ4n) is 6.32. The van der Waals surface area contributed by atoms with E-state index in [0.29, 0.717) is 26.3 Å². The van der Waals surface area contributed by atoms with E-state index in [9.17, 15) is 19.5 Å². The van der Waals surface area contributed by atoms with E-state index < -0.39 is 12.2 Å². The first-order chi connectivity index (χ1) is 21.4. The molecule has 0 spiro atoms. The molecule has 0 aromatic heterocycles. The Bertz CT molecular complexity index is 1480. The summed E-state index contributed by atoms with van der Waals surface area (Å²) in [6.45, 7) is 3.61. The fourth-order valence-corrected chi connectivity index (χ4v) is 6.32. The van der Waals surface area contributed by atoms with E-state index in [4.69, 9.17) is 4.74 Å². The van der Waals surface area contributed by atoms with Crippen molar-refractivity contribution in [1.82, 2.24) is 25.1 Å². The standard InChI is InChI=1S/C33H38N6O5.CH4/c1-35-23-31(41)38-29(19-24-11-13-27(40)14-12-24)32(42)37(21-26-9-5-6-10-28(26)36-15-17-44-18-16-36)22-30(38)39(35)33(43)34-20-25-7-3-2-4-8-25;/h2-14,29-30,40H,15-23H2,1H3,(H,34,43);1H4/t29-,30-;/m0./s1. The quantitative estimate of drug-likeness (QED) is 0.421. The van der Waals surface area contributed by atoms with Gasteiger partial charge in [-0.1, -0.05) is 68.1 Å². The highest BCUT2D eigenvalue weighted by Crippen LogP contribution is 2.31. The maximum Gasteiger partial charge on any atom is 0.334 e. The number of ether oxygens (including phenoxy) is 1. The summed E-state index contributed by atoms with van der Waals surface area (Å²) >= 11 is 0. The molecule has 3 aromatic rings. The molecule has 4 amide bonds. The summed E-state index contributed by atoms with van der Waals surface area (Å²) < 4.78 is 5.56. The van der Waals surface area contributed by atoms with Crippen LogP contribution in [0, 0.1) is 0 Å². The molecule has 0 radical (unpaired) electrons. The third-order valence-electron chi connectivity index (χ3n) is 8.50. The number of likely N-dealkylation sites (N-methyl/N-ethyl adjacent to an activating group) is 1. The highest BCUT2D eigenvalue weighted by molar-refractivity contribution is 5.91. The summed E-state index contributed by atoms with van der Waals surface area (Å²) in [5, 5.41) is 16.0. The van der Waals surface area contributed by atoms with E-state index in [-0.39, 0.29) is 50.5 Å². The van der Waals surface area contributed by atoms with E-state index in [0.717, 1.165) is 35.5 Å². The number of fused-ring (bicyclic) bond motifs is 1. The van der Waals surface area contributed by atoms with Gasteiger partial charge in [0.2, 0.25) is 11.8 Å². The molecule has 0 bridgehead atoms. The van der Waals surface area contributed by atoms with Crippen LogP contribution < -0.4 is 10.2 Å². The molecular weight excluding hydrogens is 572 g/mol. The molecule has 11 nitrogen and oxygen atoms in total. The maximum absolute atomic E-state index is 14.3. The number of hydrogen-bond acceptors (Lipinski definition) is 7. The maximum atomic E-state index is 14.3. The molecule has 3 heterocycles. The molecule has 238 valence electrons. The third kappa shape index (κ3) is 6.89. The number of amides is 4. The second-order valence-electron chi connectivity index (χ2n) is 11.4. The number of para-hydroxylation sites is 1. The minimum atomic E-state index is -0.820. The Labute approximate surface area is 264 Å². The van der Waals surface area contributed by atoms with Gasteiger partial charge in [-0.3, -0.25) is 9.59 Å². The predicted molar refractivity (Wildman–Crippen MR) is 171 cm³/mol. The molecular formula is C34H42N6O5. The number of phenols is 1. The molecule has 3 saturated heterocycles. The van der Waals surface area contributed by atoms with Crippen LogP contribution in [-0.4, -0.2) is 101 Å². The number of urea groups is 1. The second kappa shape index (κ2) is 14.0. The fraction of sp³-hybridized carbons (Fsp3) is 0.382. The first-order valence-corrected chi connectivity index (χ1v) is 15.0. The van der Waals surface area contributed by atoms with Crippen molar-refractivity contribution in [2.24, 2.45) is 0 Å². The number of aromatic hydroxyl groups is 1. The zero-order chi connectivity index (χ0) is 30.6. The van der Waals surface area contributed by atoms with Gasteiger partial charge < -0.3 is 29.9 Å². The number of rotatable bonds is 7. The van der Waals surface area contributed by atoms with E-state index in [1.165, 1.54) is 0 Å². The molecule has 3 fully saturated rings. The number of piperazine rings is 1. The molecule has 11 heteroatoms. The van der Waals surface area contributed by atoms with Crippen LogP contribution in [0.1, 0.15) is 24.1 Å². The molecule has 3 aliphatic rings. The van der Waals surface area contributed by atoms with Gasteiger partial charge in [0.25, 0.3) is 0 Å². The average Bonchev–Trinajstić information content (AvgIpc) is 3.04. The number of morpholine rings is 1. The van der Waals surface area contributed by atoms with Gasteiger partial charge in [-0.2, -0.15) is 0 Å². The van der Waals surface area contributed by atoms with Crippen LogP contribution in [0.15, 0.2) is 78.9 Å². The van der Waals surface area contributed by atoms with Gasteiger partial charge in [-0.15, -0.1) is 0 Å². The van der Waals surface area contributed by atoms with Crippen molar-refractivity contribution < 1.29 is 24.2 Å². The smallest absolute Gasteiger partial charge is 0.334 e. The highest BCUT2D eigenvalue weighted by Gasteiger charge is 2.50. The number of hydrogen-bond donors (Lipinski definition) is 2. The Balaban J connectivity index is 0.00000400. The molecule has 3 aromatic carbocycles. The van der Waals surface area contributed by atoms with Crippen molar-refractivity contribution in [1.29, 1.82) is 0 Å². The Morgan fingerprint density at radius 3 is 2.36 bits per heavy atom. The number of carbonyl (C=O) groups excluding carboxylic acids is 3. The normalized spacial score (nSPS) is 20.5. The van der Waals surface area contributed by atoms with Crippen molar-refractivity contribution in [3.05, 3.63) is 95.6 Å². The van der Waals surface area contributed by atoms with Crippen molar-refractivity contribution in [2.45, 2.75) is 39.1 Å². The van der Waals surface area contributed by atoms with Crippen molar-refractivity contribution in [3.63, 3.8) is 0 Å². The molecule has 0 aliphatic carbocycles. The Morgan fingerprint density at radius 2 is 1.62 bits per heavy atom. The lowest BCUT2D eigenvalue weighted by Gasteiger charge is -2.54. The molecule has 2 atom stereocenters. The highest BCUT2D eigenvalue weighted by atomic mass is 16.5. The van der Waals surface area contributed by atoms with Gasteiger partial charge in [0.1, 0.15) is 18.0 Å². The van der Waals surface area contributed by atoms with Gasteiger partial charge in [0.05, 0.1) is 26.3 Å². The zero-order valence-electron chi connectivity index (χ0n) is 24.8. The minimum Gasteiger partial charge on any atom is -0.508 e. The van der Waals surface area contributed by atoms with Crippen LogP contribution >= 0.6 is 0 Å². The molecule has 6 rings (SSSR count). The first-order valence-electron chi connectivity index (χ1n) is 15.0. The Morgan fingerprint density at radius 1 is 0.933 bits per heavy atom. The summed E-state index contributed by atoms with van der Waals surface area (Å²) in [6, 6.07) is 23.2. The van der Waals surface area contributed by atoms with Gasteiger partial charge in [0, 0.05) is 45.3 Å². The molecule has 0 unspecified atom stereocenters. The van der Waals surface area contributed by atoms with Gasteiger partial charge in [0.15, 0.2) is 0 Å². The number of nitrogens with one attached hydrogen (secondary N) is 1. The van der Waals surface area contributed by atoms with Crippen molar-refractivity contribution in [3.8, 4) is 5.75 Å². The summed E-state index contributed by atoms with van der Waals surface area (Å²) in [4.78, 5) is 47.3. The molecule has 2 N–H and O–H groups in total. The number of nitrogens with zero attached hydrogens (tertiary/aromatic N) is 5. The van der Waals surface area contributed by atoms with Crippen LogP contribution in [0.2, 0.25) is 0 Å². The average molecular weight is 615 g/mol. The summed E-state index contributed by atoms with van der Waals surface area (Å²) in [6.07, 6.45) is -0.445. The van der Waals surface area contributed by atoms with E-state index >= 15 is 0 Å². The lowest BCUT2D eigenvalue weighted by Crippen LogP contribution is -2.76. The number of benzene rings is 3. The van der Waals surface area contributed by atoms with Crippen LogP contribution in [0.5, 0.6) is 5.75 Å². The zero-order valence-corrected chi connectivity index (χ0v) is 24.8. The van der Waals surface area contributed by atoms with Crippen LogP contribution in [0.25, 0.3) is 0 Å². The number of hydrazine groups is 1. The predicted octanol–water partition coefficient (Wildman–Crippen LogP) is 3.05. The second-order valence-corrected chi connectivity index (χ2v) is 11.4. The largest absolute Gasteiger partial charge is 0.508 e. The Kier molecular flexibility index (Phi) is 9.90. The third-order valence-corrected chi connectivity index (χ3v) is 8.50. The lowest BCUT2D eigenvalue weighted by molar-refractivity contribution is -0.187. The van der Waals surface area contributed by atoms with Crippen LogP contribution in [-0.2, 0) is 33.8 Å². The van der Waals surface area contributed by atoms with Gasteiger partial charge in [-0.05, 0) is 34.9 Å². The topological polar surface area (TPSA) is 109 Å². The van der Waals surface area contributed by atoms with E-state index in [1.54, 1.807) is 51.1 Å². The SMILES string of the molecule is C.CN1CC(=O)N2[C@@H](Cc3ccc(O)cc3)C(=O)N(Cc3ccccc3N3CCOCC3)C[C@@H]2N1C(=O)NCc1ccccc1. The van der Waals surface area contributed by atoms with Gasteiger partial charge >= 0.3 is 6.03 Å². The summed E-state index contributed by atoms with van der Waals surface area (Å²) in [5.41, 5.74) is 3.81. The monoisotopic (exact) mass is 614 g/mol. The molecule has 45 heavy (non-hydrogen) atoms. The van der Waals surface area contributed by atoms with Crippen molar-refractivity contribution in [2.75, 3.05) is 51.3 Å². The summed E-state index contributed by atoms with van der Waals surface area (Å²) in [5.74, 6) is -0.261. The molecule has 0 saturated carbocycles. The van der Waals surface area contributed by atoms with Crippen molar-refractivity contribution >= 4 is 23.5 Å². The first kappa shape index (κ1) is 31.8. The molecule has 3 aliphatic heterocycles. The van der Waals surface area contributed by atoms with Gasteiger partial charge in [-0.25, -0.2) is 14.8 Å². The Hall–Kier alpha value is -4.61. The number of carbonyl (C=O) groups is 3. The van der Waals surface area contributed by atoms with Crippen LogP contribution in [0.4, 0.5) is 10.5 Å². The van der Waals surface area contributed by atoms with Crippen LogP contribution in [0.3, 0.4) is 0 Å². The number of anilines is 1.